The van der Waals surface area contributed by atoms with Gasteiger partial charge in [0.2, 0.25) is 5.89 Å². The molecule has 2 aromatic rings. The van der Waals surface area contributed by atoms with Crippen molar-refractivity contribution >= 4 is 12.6 Å². The van der Waals surface area contributed by atoms with E-state index in [1.807, 2.05) is 0 Å². The highest BCUT2D eigenvalue weighted by molar-refractivity contribution is 7.80. The number of rotatable bonds is 2. The third-order valence-electron chi connectivity index (χ3n) is 2.27. The molecule has 1 N–H and O–H groups in total. The zero-order chi connectivity index (χ0) is 12.6. The number of hydrogen-bond donors (Lipinski definition) is 2. The molecule has 3 nitrogen and oxygen atoms in total. The van der Waals surface area contributed by atoms with E-state index < -0.39 is 5.60 Å². The van der Waals surface area contributed by atoms with Gasteiger partial charge in [0.1, 0.15) is 23.4 Å². The molecular formula is C12H12FNO2S. The fraction of sp³-hybridized carbons (Fsp3) is 0.250. The summed E-state index contributed by atoms with van der Waals surface area (Å²) in [4.78, 5) is 4.40. The van der Waals surface area contributed by atoms with Gasteiger partial charge >= 0.3 is 0 Å². The predicted molar refractivity (Wildman–Crippen MR) is 64.4 cm³/mol. The standard InChI is InChI=1S/C12H12FNO2S/c1-12(2,15)11-14-9(6-16-11)7-3-4-8(13)10(17)5-7/h3-6,15,17H,1-2H3. The van der Waals surface area contributed by atoms with Crippen LogP contribution in [0.3, 0.4) is 0 Å². The lowest BCUT2D eigenvalue weighted by Crippen LogP contribution is -2.15. The first kappa shape index (κ1) is 12.1. The number of oxazole rings is 1. The maximum absolute atomic E-state index is 13.0. The number of thiol groups is 1. The Labute approximate surface area is 104 Å². The van der Waals surface area contributed by atoms with Crippen LogP contribution in [0, 0.1) is 5.82 Å². The molecule has 0 unspecified atom stereocenters. The molecule has 0 atom stereocenters. The molecule has 0 aliphatic carbocycles. The SMILES string of the molecule is CC(C)(O)c1nc(-c2ccc(F)c(S)c2)co1. The second-order valence-electron chi connectivity index (χ2n) is 4.26. The minimum Gasteiger partial charge on any atom is -0.445 e. The van der Waals surface area contributed by atoms with Gasteiger partial charge in [-0.15, -0.1) is 12.6 Å². The number of aromatic nitrogens is 1. The highest BCUT2D eigenvalue weighted by atomic mass is 32.1. The predicted octanol–water partition coefficient (Wildman–Crippen LogP) is 3.00. The first-order valence-corrected chi connectivity index (χ1v) is 5.50. The molecule has 0 radical (unpaired) electrons. The molecular weight excluding hydrogens is 241 g/mol. The van der Waals surface area contributed by atoms with E-state index in [-0.39, 0.29) is 16.6 Å². The van der Waals surface area contributed by atoms with E-state index in [9.17, 15) is 9.50 Å². The summed E-state index contributed by atoms with van der Waals surface area (Å²) in [6.45, 7) is 3.16. The van der Waals surface area contributed by atoms with Crippen molar-refractivity contribution in [1.82, 2.24) is 4.98 Å². The molecule has 17 heavy (non-hydrogen) atoms. The van der Waals surface area contributed by atoms with Gasteiger partial charge in [-0.1, -0.05) is 0 Å². The second-order valence-corrected chi connectivity index (χ2v) is 4.74. The van der Waals surface area contributed by atoms with E-state index in [2.05, 4.69) is 17.6 Å². The molecule has 0 fully saturated rings. The zero-order valence-electron chi connectivity index (χ0n) is 9.44. The first-order chi connectivity index (χ1) is 7.88. The van der Waals surface area contributed by atoms with Gasteiger partial charge in [0.15, 0.2) is 0 Å². The Hall–Kier alpha value is -1.33. The number of halogens is 1. The van der Waals surface area contributed by atoms with Crippen LogP contribution >= 0.6 is 12.6 Å². The molecule has 2 rings (SSSR count). The van der Waals surface area contributed by atoms with Crippen LogP contribution in [0.2, 0.25) is 0 Å². The van der Waals surface area contributed by atoms with Gasteiger partial charge < -0.3 is 9.52 Å². The minimum absolute atomic E-state index is 0.220. The van der Waals surface area contributed by atoms with Gasteiger partial charge in [0.05, 0.1) is 0 Å². The topological polar surface area (TPSA) is 46.3 Å². The summed E-state index contributed by atoms with van der Waals surface area (Å²) in [6.07, 6.45) is 1.42. The lowest BCUT2D eigenvalue weighted by Gasteiger charge is -2.10. The Morgan fingerprint density at radius 1 is 1.41 bits per heavy atom. The van der Waals surface area contributed by atoms with Crippen molar-refractivity contribution in [3.63, 3.8) is 0 Å². The molecule has 1 aromatic heterocycles. The monoisotopic (exact) mass is 253 g/mol. The van der Waals surface area contributed by atoms with E-state index in [1.165, 1.54) is 12.3 Å². The van der Waals surface area contributed by atoms with Gasteiger partial charge in [-0.25, -0.2) is 9.37 Å². The quantitative estimate of drug-likeness (QED) is 0.809. The molecule has 0 saturated heterocycles. The summed E-state index contributed by atoms with van der Waals surface area (Å²) >= 11 is 4.00. The summed E-state index contributed by atoms with van der Waals surface area (Å²) in [5, 5.41) is 9.72. The summed E-state index contributed by atoms with van der Waals surface area (Å²) in [7, 11) is 0. The Kier molecular flexibility index (Phi) is 2.97. The molecule has 0 saturated carbocycles. The largest absolute Gasteiger partial charge is 0.445 e. The Bertz CT molecular complexity index is 546. The first-order valence-electron chi connectivity index (χ1n) is 5.05. The Balaban J connectivity index is 2.40. The van der Waals surface area contributed by atoms with Crippen LogP contribution < -0.4 is 0 Å². The molecule has 0 spiro atoms. The molecule has 1 aromatic carbocycles. The van der Waals surface area contributed by atoms with Crippen LogP contribution in [-0.4, -0.2) is 10.1 Å². The van der Waals surface area contributed by atoms with E-state index in [0.717, 1.165) is 0 Å². The second kappa shape index (κ2) is 4.16. The lowest BCUT2D eigenvalue weighted by atomic mass is 10.1. The molecule has 0 aliphatic rings. The van der Waals surface area contributed by atoms with Crippen molar-refractivity contribution in [2.24, 2.45) is 0 Å². The number of benzene rings is 1. The average Bonchev–Trinajstić information content (AvgIpc) is 2.70. The maximum Gasteiger partial charge on any atom is 0.226 e. The summed E-state index contributed by atoms with van der Waals surface area (Å²) in [5.41, 5.74) is 0.0929. The highest BCUT2D eigenvalue weighted by Crippen LogP contribution is 2.26. The molecule has 1 heterocycles. The molecule has 90 valence electrons. The average molecular weight is 253 g/mol. The van der Waals surface area contributed by atoms with Gasteiger partial charge in [0.25, 0.3) is 0 Å². The Morgan fingerprint density at radius 2 is 2.12 bits per heavy atom. The lowest BCUT2D eigenvalue weighted by molar-refractivity contribution is 0.0483. The van der Waals surface area contributed by atoms with Crippen LogP contribution in [0.1, 0.15) is 19.7 Å². The van der Waals surface area contributed by atoms with Crippen molar-refractivity contribution in [3.8, 4) is 11.3 Å². The molecule has 5 heteroatoms. The van der Waals surface area contributed by atoms with Gasteiger partial charge in [-0.2, -0.15) is 0 Å². The normalized spacial score (nSPS) is 11.8. The third kappa shape index (κ3) is 2.50. The van der Waals surface area contributed by atoms with Gasteiger partial charge in [-0.3, -0.25) is 0 Å². The van der Waals surface area contributed by atoms with Crippen LogP contribution in [0.5, 0.6) is 0 Å². The number of aliphatic hydroxyl groups is 1. The zero-order valence-corrected chi connectivity index (χ0v) is 10.3. The van der Waals surface area contributed by atoms with E-state index in [1.54, 1.807) is 26.0 Å². The van der Waals surface area contributed by atoms with Crippen LogP contribution in [0.15, 0.2) is 33.8 Å². The third-order valence-corrected chi connectivity index (χ3v) is 2.61. The van der Waals surface area contributed by atoms with Crippen molar-refractivity contribution < 1.29 is 13.9 Å². The highest BCUT2D eigenvalue weighted by Gasteiger charge is 2.22. The molecule has 0 aliphatic heterocycles. The fourth-order valence-corrected chi connectivity index (χ4v) is 1.57. The van der Waals surface area contributed by atoms with Crippen molar-refractivity contribution in [3.05, 3.63) is 36.2 Å². The summed E-state index contributed by atoms with van der Waals surface area (Å²) in [6, 6.07) is 4.46. The van der Waals surface area contributed by atoms with E-state index in [4.69, 9.17) is 4.42 Å². The molecule has 0 bridgehead atoms. The van der Waals surface area contributed by atoms with Crippen LogP contribution in [0.25, 0.3) is 11.3 Å². The fourth-order valence-electron chi connectivity index (χ4n) is 1.36. The van der Waals surface area contributed by atoms with Crippen LogP contribution in [0.4, 0.5) is 4.39 Å². The van der Waals surface area contributed by atoms with Crippen molar-refractivity contribution in [2.75, 3.05) is 0 Å². The number of nitrogens with zero attached hydrogens (tertiary/aromatic N) is 1. The maximum atomic E-state index is 13.0. The molecule has 0 amide bonds. The smallest absolute Gasteiger partial charge is 0.226 e. The van der Waals surface area contributed by atoms with Crippen molar-refractivity contribution in [2.45, 2.75) is 24.3 Å². The van der Waals surface area contributed by atoms with Crippen LogP contribution in [-0.2, 0) is 5.60 Å². The summed E-state index contributed by atoms with van der Waals surface area (Å²) in [5.74, 6) is -0.166. The van der Waals surface area contributed by atoms with E-state index in [0.29, 0.717) is 11.3 Å². The van der Waals surface area contributed by atoms with E-state index >= 15 is 0 Å². The van der Waals surface area contributed by atoms with Gasteiger partial charge in [0, 0.05) is 10.5 Å². The Morgan fingerprint density at radius 3 is 2.65 bits per heavy atom. The van der Waals surface area contributed by atoms with Crippen molar-refractivity contribution in [1.29, 1.82) is 0 Å². The number of hydrogen-bond acceptors (Lipinski definition) is 4. The minimum atomic E-state index is -1.14. The van der Waals surface area contributed by atoms with Gasteiger partial charge in [-0.05, 0) is 32.0 Å². The summed E-state index contributed by atoms with van der Waals surface area (Å²) < 4.78 is 18.2.